The van der Waals surface area contributed by atoms with Crippen LogP contribution in [0.3, 0.4) is 0 Å². The normalized spacial score (nSPS) is 10.4. The van der Waals surface area contributed by atoms with E-state index in [-0.39, 0.29) is 11.1 Å². The molecule has 2 aromatic heterocycles. The second kappa shape index (κ2) is 3.90. The molecule has 0 bridgehead atoms. The van der Waals surface area contributed by atoms with Gasteiger partial charge in [0.05, 0.1) is 5.69 Å². The first kappa shape index (κ1) is 10.6. The van der Waals surface area contributed by atoms with Crippen LogP contribution in [-0.2, 0) is 4.79 Å². The average Bonchev–Trinajstić information content (AvgIpc) is 2.60. The van der Waals surface area contributed by atoms with Crippen molar-refractivity contribution in [3.63, 3.8) is 0 Å². The van der Waals surface area contributed by atoms with Gasteiger partial charge in [-0.05, 0) is 13.0 Å². The summed E-state index contributed by atoms with van der Waals surface area (Å²) >= 11 is 5.81. The molecule has 0 aliphatic rings. The average molecular weight is 238 g/mol. The summed E-state index contributed by atoms with van der Waals surface area (Å²) in [5.41, 5.74) is 0.891. The van der Waals surface area contributed by atoms with Crippen molar-refractivity contribution in [1.29, 1.82) is 0 Å². The van der Waals surface area contributed by atoms with Gasteiger partial charge in [0.1, 0.15) is 0 Å². The maximum Gasteiger partial charge on any atom is 0.247 e. The van der Waals surface area contributed by atoms with Gasteiger partial charge in [-0.3, -0.25) is 4.79 Å². The van der Waals surface area contributed by atoms with Crippen LogP contribution in [0.15, 0.2) is 18.7 Å². The number of aromatic nitrogens is 4. The molecule has 7 heteroatoms. The Morgan fingerprint density at radius 1 is 1.62 bits per heavy atom. The summed E-state index contributed by atoms with van der Waals surface area (Å²) in [6.07, 6.45) is 1.16. The van der Waals surface area contributed by atoms with Crippen LogP contribution in [0, 0.1) is 6.92 Å². The minimum Gasteiger partial charge on any atom is -0.319 e. The maximum atomic E-state index is 11.2. The number of carbonyl (C=O) groups is 1. The third-order valence-electron chi connectivity index (χ3n) is 1.94. The van der Waals surface area contributed by atoms with Crippen molar-refractivity contribution < 1.29 is 4.79 Å². The van der Waals surface area contributed by atoms with Crippen LogP contribution >= 0.6 is 11.6 Å². The monoisotopic (exact) mass is 237 g/mol. The van der Waals surface area contributed by atoms with Crippen LogP contribution in [0.2, 0.25) is 5.15 Å². The molecule has 0 aliphatic carbocycles. The number of nitrogens with one attached hydrogen (secondary N) is 1. The van der Waals surface area contributed by atoms with Gasteiger partial charge in [-0.25, -0.2) is 0 Å². The summed E-state index contributed by atoms with van der Waals surface area (Å²) in [4.78, 5) is 11.2. The van der Waals surface area contributed by atoms with E-state index in [0.717, 1.165) is 6.08 Å². The van der Waals surface area contributed by atoms with E-state index >= 15 is 0 Å². The van der Waals surface area contributed by atoms with Crippen molar-refractivity contribution >= 4 is 28.8 Å². The minimum absolute atomic E-state index is 0.245. The lowest BCUT2D eigenvalue weighted by Gasteiger charge is -2.03. The molecule has 0 aromatic carbocycles. The van der Waals surface area contributed by atoms with E-state index < -0.39 is 0 Å². The maximum absolute atomic E-state index is 11.2. The zero-order valence-corrected chi connectivity index (χ0v) is 9.19. The van der Waals surface area contributed by atoms with Crippen LogP contribution in [0.1, 0.15) is 5.82 Å². The van der Waals surface area contributed by atoms with Crippen LogP contribution in [0.4, 0.5) is 5.69 Å². The van der Waals surface area contributed by atoms with Crippen LogP contribution in [0.25, 0.3) is 5.65 Å². The SMILES string of the molecule is C=CC(=O)Nc1cc(Cl)nn2c(C)nnc12. The lowest BCUT2D eigenvalue weighted by atomic mass is 10.4. The topological polar surface area (TPSA) is 72.2 Å². The van der Waals surface area contributed by atoms with E-state index in [1.54, 1.807) is 6.92 Å². The van der Waals surface area contributed by atoms with E-state index in [1.165, 1.54) is 10.6 Å². The van der Waals surface area contributed by atoms with Crippen LogP contribution < -0.4 is 5.32 Å². The van der Waals surface area contributed by atoms with Gasteiger partial charge in [-0.15, -0.1) is 10.2 Å². The second-order valence-electron chi connectivity index (χ2n) is 3.06. The van der Waals surface area contributed by atoms with Crippen LogP contribution in [0.5, 0.6) is 0 Å². The van der Waals surface area contributed by atoms with Crippen molar-refractivity contribution in [2.24, 2.45) is 0 Å². The zero-order valence-electron chi connectivity index (χ0n) is 8.44. The Morgan fingerprint density at radius 2 is 2.38 bits per heavy atom. The molecule has 6 nitrogen and oxygen atoms in total. The molecule has 2 aromatic rings. The number of hydrogen-bond acceptors (Lipinski definition) is 4. The Labute approximate surface area is 95.9 Å². The number of fused-ring (bicyclic) bond motifs is 1. The van der Waals surface area contributed by atoms with Gasteiger partial charge in [-0.2, -0.15) is 9.61 Å². The molecule has 82 valence electrons. The fraction of sp³-hybridized carbons (Fsp3) is 0.111. The molecule has 2 heterocycles. The van der Waals surface area contributed by atoms with Crippen molar-refractivity contribution in [2.45, 2.75) is 6.92 Å². The highest BCUT2D eigenvalue weighted by molar-refractivity contribution is 6.29. The highest BCUT2D eigenvalue weighted by atomic mass is 35.5. The van der Waals surface area contributed by atoms with E-state index in [1.807, 2.05) is 0 Å². The van der Waals surface area contributed by atoms with Crippen molar-refractivity contribution in [3.05, 3.63) is 29.7 Å². The predicted molar refractivity (Wildman–Crippen MR) is 59.4 cm³/mol. The quantitative estimate of drug-likeness (QED) is 0.797. The number of aryl methyl sites for hydroxylation is 1. The van der Waals surface area contributed by atoms with E-state index in [9.17, 15) is 4.79 Å². The van der Waals surface area contributed by atoms with Crippen LogP contribution in [-0.4, -0.2) is 25.7 Å². The Kier molecular flexibility index (Phi) is 2.57. The van der Waals surface area contributed by atoms with E-state index in [2.05, 4.69) is 27.2 Å². The van der Waals surface area contributed by atoms with Crippen molar-refractivity contribution in [1.82, 2.24) is 19.8 Å². The third-order valence-corrected chi connectivity index (χ3v) is 2.12. The fourth-order valence-electron chi connectivity index (χ4n) is 1.23. The lowest BCUT2D eigenvalue weighted by Crippen LogP contribution is -2.09. The van der Waals surface area contributed by atoms with Gasteiger partial charge in [0, 0.05) is 6.07 Å². The molecule has 1 amide bonds. The third kappa shape index (κ3) is 1.74. The van der Waals surface area contributed by atoms with E-state index in [4.69, 9.17) is 11.6 Å². The lowest BCUT2D eigenvalue weighted by molar-refractivity contribution is -0.111. The molecule has 0 atom stereocenters. The molecular formula is C9H8ClN5O. The molecule has 0 saturated heterocycles. The van der Waals surface area contributed by atoms with Gasteiger partial charge in [0.15, 0.2) is 11.0 Å². The highest BCUT2D eigenvalue weighted by Crippen LogP contribution is 2.18. The highest BCUT2D eigenvalue weighted by Gasteiger charge is 2.10. The number of carbonyl (C=O) groups excluding carboxylic acids is 1. The number of amides is 1. The first-order chi connectivity index (χ1) is 7.61. The summed E-state index contributed by atoms with van der Waals surface area (Å²) in [5, 5.41) is 14.6. The predicted octanol–water partition coefficient (Wildman–Crippen LogP) is 1.21. The Balaban J connectivity index is 2.59. The minimum atomic E-state index is -0.343. The van der Waals surface area contributed by atoms with Gasteiger partial charge >= 0.3 is 0 Å². The number of anilines is 1. The molecular weight excluding hydrogens is 230 g/mol. The fourth-order valence-corrected chi connectivity index (χ4v) is 1.41. The Bertz CT molecular complexity index is 577. The second-order valence-corrected chi connectivity index (χ2v) is 3.44. The summed E-state index contributed by atoms with van der Waals surface area (Å²) in [5.74, 6) is 0.247. The van der Waals surface area contributed by atoms with Gasteiger partial charge in [0.25, 0.3) is 0 Å². The molecule has 16 heavy (non-hydrogen) atoms. The molecule has 0 saturated carbocycles. The van der Waals surface area contributed by atoms with Gasteiger partial charge in [0.2, 0.25) is 11.6 Å². The van der Waals surface area contributed by atoms with Gasteiger partial charge < -0.3 is 5.32 Å². The number of hydrogen-bond donors (Lipinski definition) is 1. The first-order valence-electron chi connectivity index (χ1n) is 4.44. The molecule has 2 rings (SSSR count). The molecule has 0 unspecified atom stereocenters. The van der Waals surface area contributed by atoms with Crippen molar-refractivity contribution in [2.75, 3.05) is 5.32 Å². The number of rotatable bonds is 2. The molecule has 0 aliphatic heterocycles. The molecule has 0 fully saturated rings. The van der Waals surface area contributed by atoms with Gasteiger partial charge in [-0.1, -0.05) is 18.2 Å². The summed E-state index contributed by atoms with van der Waals surface area (Å²) in [7, 11) is 0. The number of halogens is 1. The summed E-state index contributed by atoms with van der Waals surface area (Å²) in [6, 6.07) is 1.51. The van der Waals surface area contributed by atoms with E-state index in [0.29, 0.717) is 17.2 Å². The Morgan fingerprint density at radius 3 is 3.06 bits per heavy atom. The molecule has 0 radical (unpaired) electrons. The standard InChI is InChI=1S/C9H8ClN5O/c1-3-8(16)11-6-4-7(10)14-15-5(2)12-13-9(6)15/h3-4H,1H2,2H3,(H,11,16). The van der Waals surface area contributed by atoms with Crippen molar-refractivity contribution in [3.8, 4) is 0 Å². The summed E-state index contributed by atoms with van der Waals surface area (Å²) < 4.78 is 1.46. The Hall–Kier alpha value is -1.95. The molecule has 1 N–H and O–H groups in total. The summed E-state index contributed by atoms with van der Waals surface area (Å²) in [6.45, 7) is 5.10. The largest absolute Gasteiger partial charge is 0.319 e. The smallest absolute Gasteiger partial charge is 0.247 e. The first-order valence-corrected chi connectivity index (χ1v) is 4.81. The number of nitrogens with zero attached hydrogens (tertiary/aromatic N) is 4. The zero-order chi connectivity index (χ0) is 11.7. The molecule has 0 spiro atoms.